The average Bonchev–Trinajstić information content (AvgIpc) is 2.61. The van der Waals surface area contributed by atoms with E-state index in [1.54, 1.807) is 4.68 Å². The Balaban J connectivity index is 2.30. The minimum atomic E-state index is -0.743. The normalized spacial score (nSPS) is 20.5. The standard InChI is InChI=1S/C11H18N2O2/c1-3-9-8-10(13(2)12-9)11(14)4-6-15-7-5-11/h8,14H,3-7H2,1-2H3. The molecule has 0 amide bonds. The summed E-state index contributed by atoms with van der Waals surface area (Å²) in [7, 11) is 1.89. The highest BCUT2D eigenvalue weighted by Crippen LogP contribution is 2.31. The van der Waals surface area contributed by atoms with E-state index in [0.717, 1.165) is 17.8 Å². The van der Waals surface area contributed by atoms with Crippen LogP contribution in [0.1, 0.15) is 31.2 Å². The molecule has 0 spiro atoms. The Hall–Kier alpha value is -0.870. The fraction of sp³-hybridized carbons (Fsp3) is 0.727. The van der Waals surface area contributed by atoms with Crippen LogP contribution in [-0.4, -0.2) is 28.1 Å². The minimum absolute atomic E-state index is 0.628. The largest absolute Gasteiger partial charge is 0.383 e. The summed E-state index contributed by atoms with van der Waals surface area (Å²) in [5.41, 5.74) is 1.21. The van der Waals surface area contributed by atoms with Crippen LogP contribution in [0.2, 0.25) is 0 Å². The van der Waals surface area contributed by atoms with E-state index in [-0.39, 0.29) is 0 Å². The number of ether oxygens (including phenoxy) is 1. The monoisotopic (exact) mass is 210 g/mol. The van der Waals surface area contributed by atoms with Crippen molar-refractivity contribution in [3.63, 3.8) is 0 Å². The van der Waals surface area contributed by atoms with Crippen molar-refractivity contribution in [2.24, 2.45) is 7.05 Å². The Bertz CT molecular complexity index is 340. The molecule has 1 aliphatic rings. The highest BCUT2D eigenvalue weighted by Gasteiger charge is 2.34. The van der Waals surface area contributed by atoms with E-state index in [1.165, 1.54) is 0 Å². The number of nitrogens with zero attached hydrogens (tertiary/aromatic N) is 2. The molecule has 1 aromatic rings. The maximum atomic E-state index is 10.5. The van der Waals surface area contributed by atoms with Gasteiger partial charge in [-0.15, -0.1) is 0 Å². The van der Waals surface area contributed by atoms with Crippen molar-refractivity contribution in [2.45, 2.75) is 31.8 Å². The molecule has 4 heteroatoms. The molecule has 1 saturated heterocycles. The van der Waals surface area contributed by atoms with E-state index in [4.69, 9.17) is 4.74 Å². The molecular formula is C11H18N2O2. The molecule has 0 aromatic carbocycles. The number of aromatic nitrogens is 2. The summed E-state index contributed by atoms with van der Waals surface area (Å²) >= 11 is 0. The Morgan fingerprint density at radius 1 is 1.53 bits per heavy atom. The second kappa shape index (κ2) is 3.94. The van der Waals surface area contributed by atoms with Crippen molar-refractivity contribution in [1.82, 2.24) is 9.78 Å². The number of aryl methyl sites for hydroxylation is 2. The molecule has 0 unspecified atom stereocenters. The van der Waals surface area contributed by atoms with Crippen molar-refractivity contribution < 1.29 is 9.84 Å². The summed E-state index contributed by atoms with van der Waals surface area (Å²) in [5, 5.41) is 14.9. The Labute approximate surface area is 89.9 Å². The molecule has 0 bridgehead atoms. The summed E-state index contributed by atoms with van der Waals surface area (Å²) in [6.45, 7) is 3.33. The van der Waals surface area contributed by atoms with Gasteiger partial charge in [-0.2, -0.15) is 5.10 Å². The lowest BCUT2D eigenvalue weighted by Crippen LogP contribution is -2.35. The van der Waals surface area contributed by atoms with Crippen LogP contribution in [0.3, 0.4) is 0 Å². The topological polar surface area (TPSA) is 47.3 Å². The third-order valence-electron chi connectivity index (χ3n) is 3.09. The van der Waals surface area contributed by atoms with Gasteiger partial charge in [-0.05, 0) is 12.5 Å². The summed E-state index contributed by atoms with van der Waals surface area (Å²) in [5.74, 6) is 0. The zero-order valence-corrected chi connectivity index (χ0v) is 9.36. The molecule has 15 heavy (non-hydrogen) atoms. The highest BCUT2D eigenvalue weighted by atomic mass is 16.5. The van der Waals surface area contributed by atoms with Crippen molar-refractivity contribution in [2.75, 3.05) is 13.2 Å². The van der Waals surface area contributed by atoms with Gasteiger partial charge in [0.15, 0.2) is 0 Å². The van der Waals surface area contributed by atoms with E-state index in [1.807, 2.05) is 13.1 Å². The second-order valence-electron chi connectivity index (χ2n) is 4.14. The second-order valence-corrected chi connectivity index (χ2v) is 4.14. The van der Waals surface area contributed by atoms with Gasteiger partial charge in [0.1, 0.15) is 5.60 Å². The Morgan fingerprint density at radius 3 is 2.73 bits per heavy atom. The molecule has 1 fully saturated rings. The number of rotatable bonds is 2. The van der Waals surface area contributed by atoms with Gasteiger partial charge >= 0.3 is 0 Å². The predicted octanol–water partition coefficient (Wildman–Crippen LogP) is 0.980. The molecule has 4 nitrogen and oxygen atoms in total. The maximum absolute atomic E-state index is 10.5. The summed E-state index contributed by atoms with van der Waals surface area (Å²) in [6, 6.07) is 2.01. The zero-order chi connectivity index (χ0) is 10.9. The number of hydrogen-bond acceptors (Lipinski definition) is 3. The van der Waals surface area contributed by atoms with Crippen LogP contribution in [0, 0.1) is 0 Å². The van der Waals surface area contributed by atoms with Gasteiger partial charge in [0, 0.05) is 33.1 Å². The molecule has 1 N–H and O–H groups in total. The fourth-order valence-electron chi connectivity index (χ4n) is 2.10. The number of hydrogen-bond donors (Lipinski definition) is 1. The van der Waals surface area contributed by atoms with E-state index in [2.05, 4.69) is 12.0 Å². The van der Waals surface area contributed by atoms with Crippen LogP contribution >= 0.6 is 0 Å². The lowest BCUT2D eigenvalue weighted by molar-refractivity contribution is -0.0725. The summed E-state index contributed by atoms with van der Waals surface area (Å²) in [4.78, 5) is 0. The molecule has 0 aliphatic carbocycles. The first-order valence-corrected chi connectivity index (χ1v) is 5.49. The van der Waals surface area contributed by atoms with Crippen LogP contribution in [0.25, 0.3) is 0 Å². The molecule has 84 valence electrons. The van der Waals surface area contributed by atoms with Gasteiger partial charge in [0.2, 0.25) is 0 Å². The maximum Gasteiger partial charge on any atom is 0.111 e. The van der Waals surface area contributed by atoms with Crippen molar-refractivity contribution >= 4 is 0 Å². The lowest BCUT2D eigenvalue weighted by atomic mass is 9.90. The fourth-order valence-corrected chi connectivity index (χ4v) is 2.10. The molecule has 1 aliphatic heterocycles. The first kappa shape index (κ1) is 10.6. The summed E-state index contributed by atoms with van der Waals surface area (Å²) in [6.07, 6.45) is 2.23. The van der Waals surface area contributed by atoms with Gasteiger partial charge in [0.25, 0.3) is 0 Å². The predicted molar refractivity (Wildman–Crippen MR) is 56.5 cm³/mol. The van der Waals surface area contributed by atoms with E-state index < -0.39 is 5.60 Å². The van der Waals surface area contributed by atoms with Gasteiger partial charge in [-0.25, -0.2) is 0 Å². The first-order valence-electron chi connectivity index (χ1n) is 5.49. The Morgan fingerprint density at radius 2 is 2.20 bits per heavy atom. The molecular weight excluding hydrogens is 192 g/mol. The van der Waals surface area contributed by atoms with Crippen molar-refractivity contribution in [3.8, 4) is 0 Å². The van der Waals surface area contributed by atoms with Crippen LogP contribution in [0.15, 0.2) is 6.07 Å². The lowest BCUT2D eigenvalue weighted by Gasteiger charge is -2.31. The van der Waals surface area contributed by atoms with Crippen LogP contribution < -0.4 is 0 Å². The smallest absolute Gasteiger partial charge is 0.111 e. The van der Waals surface area contributed by atoms with Gasteiger partial charge in [-0.3, -0.25) is 4.68 Å². The van der Waals surface area contributed by atoms with Crippen LogP contribution in [0.5, 0.6) is 0 Å². The molecule has 1 aromatic heterocycles. The first-order chi connectivity index (χ1) is 7.15. The van der Waals surface area contributed by atoms with E-state index >= 15 is 0 Å². The van der Waals surface area contributed by atoms with Crippen LogP contribution in [-0.2, 0) is 23.8 Å². The third-order valence-corrected chi connectivity index (χ3v) is 3.09. The van der Waals surface area contributed by atoms with E-state index in [9.17, 15) is 5.11 Å². The SMILES string of the molecule is CCc1cc(C2(O)CCOCC2)n(C)n1. The molecule has 0 atom stereocenters. The minimum Gasteiger partial charge on any atom is -0.383 e. The van der Waals surface area contributed by atoms with Gasteiger partial charge < -0.3 is 9.84 Å². The molecule has 2 rings (SSSR count). The van der Waals surface area contributed by atoms with Gasteiger partial charge in [-0.1, -0.05) is 6.92 Å². The summed E-state index contributed by atoms with van der Waals surface area (Å²) < 4.78 is 7.07. The average molecular weight is 210 g/mol. The van der Waals surface area contributed by atoms with Crippen molar-refractivity contribution in [1.29, 1.82) is 0 Å². The van der Waals surface area contributed by atoms with Gasteiger partial charge in [0.05, 0.1) is 11.4 Å². The Kier molecular flexibility index (Phi) is 2.80. The molecule has 0 saturated carbocycles. The number of aliphatic hydroxyl groups is 1. The van der Waals surface area contributed by atoms with Crippen LogP contribution in [0.4, 0.5) is 0 Å². The third kappa shape index (κ3) is 1.92. The molecule has 2 heterocycles. The van der Waals surface area contributed by atoms with E-state index in [0.29, 0.717) is 26.1 Å². The quantitative estimate of drug-likeness (QED) is 0.791. The van der Waals surface area contributed by atoms with Crippen molar-refractivity contribution in [3.05, 3.63) is 17.5 Å². The molecule has 0 radical (unpaired) electrons. The highest BCUT2D eigenvalue weighted by molar-refractivity contribution is 5.18. The zero-order valence-electron chi connectivity index (χ0n) is 9.36.